The third-order valence-electron chi connectivity index (χ3n) is 4.20. The first-order chi connectivity index (χ1) is 12.0. The number of benzene rings is 1. The number of nitrogens with zero attached hydrogens (tertiary/aromatic N) is 1. The van der Waals surface area contributed by atoms with Crippen LogP contribution >= 0.6 is 0 Å². The van der Waals surface area contributed by atoms with Gasteiger partial charge >= 0.3 is 5.63 Å². The van der Waals surface area contributed by atoms with Crippen LogP contribution in [0.25, 0.3) is 0 Å². The molecule has 1 aliphatic heterocycles. The Labute approximate surface area is 146 Å². The number of ether oxygens (including phenoxy) is 2. The maximum Gasteiger partial charge on any atom is 0.339 e. The van der Waals surface area contributed by atoms with Crippen molar-refractivity contribution in [1.82, 2.24) is 4.90 Å². The number of amides is 1. The molecule has 0 N–H and O–H groups in total. The molecule has 25 heavy (non-hydrogen) atoms. The van der Waals surface area contributed by atoms with Crippen molar-refractivity contribution < 1.29 is 18.7 Å². The van der Waals surface area contributed by atoms with Crippen molar-refractivity contribution in [2.75, 3.05) is 20.2 Å². The molecule has 1 unspecified atom stereocenters. The Bertz CT molecular complexity index is 813. The fraction of sp³-hybridized carbons (Fsp3) is 0.368. The molecule has 2 heterocycles. The zero-order valence-electron chi connectivity index (χ0n) is 14.4. The quantitative estimate of drug-likeness (QED) is 0.832. The van der Waals surface area contributed by atoms with Gasteiger partial charge in [0.2, 0.25) is 5.91 Å². The van der Waals surface area contributed by atoms with Crippen LogP contribution in [0.5, 0.6) is 11.5 Å². The lowest BCUT2D eigenvalue weighted by Crippen LogP contribution is -2.32. The highest BCUT2D eigenvalue weighted by Gasteiger charge is 2.28. The molecule has 1 aromatic carbocycles. The van der Waals surface area contributed by atoms with E-state index in [2.05, 4.69) is 0 Å². The highest BCUT2D eigenvalue weighted by molar-refractivity contribution is 5.79. The molecule has 0 bridgehead atoms. The first kappa shape index (κ1) is 17.1. The molecule has 1 amide bonds. The first-order valence-corrected chi connectivity index (χ1v) is 8.23. The first-order valence-electron chi connectivity index (χ1n) is 8.23. The number of likely N-dealkylation sites (tertiary alicyclic amines) is 1. The fourth-order valence-electron chi connectivity index (χ4n) is 3.01. The molecular formula is C19H21NO5. The lowest BCUT2D eigenvalue weighted by atomic mass is 10.1. The van der Waals surface area contributed by atoms with Gasteiger partial charge in [-0.2, -0.15) is 0 Å². The zero-order valence-corrected chi connectivity index (χ0v) is 14.4. The number of carbonyl (C=O) groups is 1. The van der Waals surface area contributed by atoms with E-state index in [4.69, 9.17) is 13.9 Å². The summed E-state index contributed by atoms with van der Waals surface area (Å²) in [5.41, 5.74) is 0.438. The van der Waals surface area contributed by atoms with Gasteiger partial charge in [0.1, 0.15) is 23.4 Å². The summed E-state index contributed by atoms with van der Waals surface area (Å²) < 4.78 is 16.0. The smallest absolute Gasteiger partial charge is 0.339 e. The molecule has 1 aliphatic rings. The summed E-state index contributed by atoms with van der Waals surface area (Å²) in [5.74, 6) is 1.75. The number of para-hydroxylation sites is 1. The van der Waals surface area contributed by atoms with E-state index in [9.17, 15) is 9.59 Å². The van der Waals surface area contributed by atoms with Crippen molar-refractivity contribution in [3.63, 3.8) is 0 Å². The summed E-state index contributed by atoms with van der Waals surface area (Å²) in [4.78, 5) is 25.7. The molecule has 1 aromatic heterocycles. The molecule has 1 fully saturated rings. The zero-order chi connectivity index (χ0) is 17.8. The largest absolute Gasteiger partial charge is 0.496 e. The van der Waals surface area contributed by atoms with Crippen molar-refractivity contribution in [2.24, 2.45) is 0 Å². The third kappa shape index (κ3) is 4.21. The van der Waals surface area contributed by atoms with Gasteiger partial charge in [0, 0.05) is 24.6 Å². The molecule has 6 heteroatoms. The average Bonchev–Trinajstić information content (AvgIpc) is 3.03. The van der Waals surface area contributed by atoms with Gasteiger partial charge < -0.3 is 18.8 Å². The van der Waals surface area contributed by atoms with E-state index in [1.807, 2.05) is 24.3 Å². The number of rotatable bonds is 5. The Morgan fingerprint density at radius 1 is 1.32 bits per heavy atom. The van der Waals surface area contributed by atoms with Gasteiger partial charge in [0.25, 0.3) is 0 Å². The van der Waals surface area contributed by atoms with Crippen molar-refractivity contribution in [3.8, 4) is 11.5 Å². The molecule has 3 rings (SSSR count). The van der Waals surface area contributed by atoms with Crippen LogP contribution < -0.4 is 15.1 Å². The van der Waals surface area contributed by atoms with Crippen molar-refractivity contribution in [1.29, 1.82) is 0 Å². The van der Waals surface area contributed by atoms with Gasteiger partial charge in [0.05, 0.1) is 26.1 Å². The second-order valence-electron chi connectivity index (χ2n) is 6.08. The third-order valence-corrected chi connectivity index (χ3v) is 4.20. The van der Waals surface area contributed by atoms with Crippen molar-refractivity contribution in [3.05, 3.63) is 58.1 Å². The molecule has 132 valence electrons. The van der Waals surface area contributed by atoms with Crippen LogP contribution in [0.1, 0.15) is 17.7 Å². The number of carbonyl (C=O) groups excluding carboxylic acids is 1. The summed E-state index contributed by atoms with van der Waals surface area (Å²) in [6.45, 7) is 2.85. The topological polar surface area (TPSA) is 69.0 Å². The van der Waals surface area contributed by atoms with Crippen LogP contribution in [0, 0.1) is 6.92 Å². The molecule has 0 saturated carbocycles. The van der Waals surface area contributed by atoms with Crippen LogP contribution in [-0.4, -0.2) is 37.1 Å². The average molecular weight is 343 g/mol. The maximum atomic E-state index is 12.5. The molecule has 6 nitrogen and oxygen atoms in total. The Morgan fingerprint density at radius 2 is 2.12 bits per heavy atom. The normalized spacial score (nSPS) is 16.7. The van der Waals surface area contributed by atoms with Gasteiger partial charge in [-0.25, -0.2) is 4.79 Å². The number of hydrogen-bond acceptors (Lipinski definition) is 5. The molecule has 2 aromatic rings. The van der Waals surface area contributed by atoms with Gasteiger partial charge in [0.15, 0.2) is 0 Å². The minimum Gasteiger partial charge on any atom is -0.496 e. The van der Waals surface area contributed by atoms with Crippen LogP contribution in [-0.2, 0) is 11.2 Å². The number of hydrogen-bond donors (Lipinski definition) is 0. The van der Waals surface area contributed by atoms with Crippen LogP contribution in [0.3, 0.4) is 0 Å². The van der Waals surface area contributed by atoms with Crippen LogP contribution in [0.4, 0.5) is 0 Å². The predicted molar refractivity (Wildman–Crippen MR) is 92.0 cm³/mol. The molecule has 0 radical (unpaired) electrons. The molecule has 0 spiro atoms. The molecular weight excluding hydrogens is 322 g/mol. The van der Waals surface area contributed by atoms with Gasteiger partial charge in [-0.05, 0) is 13.0 Å². The van der Waals surface area contributed by atoms with Crippen LogP contribution in [0.15, 0.2) is 45.6 Å². The lowest BCUT2D eigenvalue weighted by molar-refractivity contribution is -0.129. The summed E-state index contributed by atoms with van der Waals surface area (Å²) in [6.07, 6.45) is 0.907. The second kappa shape index (κ2) is 7.42. The van der Waals surface area contributed by atoms with E-state index < -0.39 is 5.63 Å². The van der Waals surface area contributed by atoms with E-state index in [0.717, 1.165) is 12.0 Å². The van der Waals surface area contributed by atoms with Gasteiger partial charge in [-0.1, -0.05) is 18.2 Å². The fourth-order valence-corrected chi connectivity index (χ4v) is 3.01. The van der Waals surface area contributed by atoms with E-state index >= 15 is 0 Å². The standard InChI is InChI=1S/C19H21NO5/c1-13-9-16(11-19(22)24-13)25-15-7-8-20(12-15)18(21)10-14-5-3-4-6-17(14)23-2/h3-6,9,11,15H,7-8,10,12H2,1-2H3. The Hall–Kier alpha value is -2.76. The summed E-state index contributed by atoms with van der Waals surface area (Å²) >= 11 is 0. The van der Waals surface area contributed by atoms with Gasteiger partial charge in [-0.3, -0.25) is 4.79 Å². The highest BCUT2D eigenvalue weighted by atomic mass is 16.5. The Kier molecular flexibility index (Phi) is 5.07. The summed E-state index contributed by atoms with van der Waals surface area (Å²) in [6, 6.07) is 10.5. The monoisotopic (exact) mass is 343 g/mol. The van der Waals surface area contributed by atoms with E-state index in [1.165, 1.54) is 6.07 Å². The Balaban J connectivity index is 1.60. The SMILES string of the molecule is COc1ccccc1CC(=O)N1CCC(Oc2cc(C)oc(=O)c2)C1. The summed E-state index contributed by atoms with van der Waals surface area (Å²) in [5, 5.41) is 0. The van der Waals surface area contributed by atoms with E-state index in [1.54, 1.807) is 25.0 Å². The van der Waals surface area contributed by atoms with Crippen molar-refractivity contribution >= 4 is 5.91 Å². The Morgan fingerprint density at radius 3 is 2.88 bits per heavy atom. The minimum atomic E-state index is -0.433. The highest BCUT2D eigenvalue weighted by Crippen LogP contribution is 2.22. The minimum absolute atomic E-state index is 0.0411. The lowest BCUT2D eigenvalue weighted by Gasteiger charge is -2.18. The maximum absolute atomic E-state index is 12.5. The predicted octanol–water partition coefficient (Wildman–Crippen LogP) is 2.18. The summed E-state index contributed by atoms with van der Waals surface area (Å²) in [7, 11) is 1.60. The second-order valence-corrected chi connectivity index (χ2v) is 6.08. The molecule has 0 aliphatic carbocycles. The van der Waals surface area contributed by atoms with Crippen LogP contribution in [0.2, 0.25) is 0 Å². The molecule has 1 saturated heterocycles. The number of aryl methyl sites for hydroxylation is 1. The number of methoxy groups -OCH3 is 1. The molecule has 1 atom stereocenters. The van der Waals surface area contributed by atoms with E-state index in [0.29, 0.717) is 36.8 Å². The van der Waals surface area contributed by atoms with Crippen molar-refractivity contribution in [2.45, 2.75) is 25.9 Å². The van der Waals surface area contributed by atoms with E-state index in [-0.39, 0.29) is 12.0 Å². The van der Waals surface area contributed by atoms with Gasteiger partial charge in [-0.15, -0.1) is 0 Å².